The maximum absolute atomic E-state index is 12.4. The van der Waals surface area contributed by atoms with Crippen LogP contribution in [0, 0.1) is 10.1 Å². The molecule has 0 saturated carbocycles. The van der Waals surface area contributed by atoms with E-state index < -0.39 is 33.0 Å². The van der Waals surface area contributed by atoms with Gasteiger partial charge in [0.1, 0.15) is 12.6 Å². The first-order chi connectivity index (χ1) is 10.3. The van der Waals surface area contributed by atoms with Crippen molar-refractivity contribution in [1.29, 1.82) is 0 Å². The van der Waals surface area contributed by atoms with Crippen molar-refractivity contribution < 1.29 is 22.9 Å². The van der Waals surface area contributed by atoms with E-state index in [0.717, 1.165) is 28.6 Å². The normalized spacial score (nSPS) is 23.6. The molecule has 0 N–H and O–H groups in total. The van der Waals surface area contributed by atoms with Crippen LogP contribution in [0.3, 0.4) is 0 Å². The fraction of sp³-hybridized carbons (Fsp3) is 0.308. The van der Waals surface area contributed by atoms with Crippen molar-refractivity contribution in [2.45, 2.75) is 23.9 Å². The van der Waals surface area contributed by atoms with Gasteiger partial charge in [-0.3, -0.25) is 14.9 Å². The first-order valence-electron chi connectivity index (χ1n) is 6.36. The summed E-state index contributed by atoms with van der Waals surface area (Å²) in [5, 5.41) is 10.6. The second kappa shape index (κ2) is 5.85. The van der Waals surface area contributed by atoms with Crippen LogP contribution in [0.5, 0.6) is 0 Å². The summed E-state index contributed by atoms with van der Waals surface area (Å²) < 4.78 is 30.7. The quantitative estimate of drug-likeness (QED) is 0.255. The highest BCUT2D eigenvalue weighted by molar-refractivity contribution is 7.89. The van der Waals surface area contributed by atoms with Crippen LogP contribution in [-0.2, 0) is 19.6 Å². The molecule has 9 heteroatoms. The van der Waals surface area contributed by atoms with E-state index in [1.54, 1.807) is 6.92 Å². The minimum atomic E-state index is -3.89. The molecule has 0 aromatic heterocycles. The molecule has 1 aliphatic rings. The number of sulfonamides is 1. The molecule has 1 aromatic carbocycles. The monoisotopic (exact) mass is 326 g/mol. The first kappa shape index (κ1) is 16.1. The summed E-state index contributed by atoms with van der Waals surface area (Å²) in [5.41, 5.74) is -0.209. The van der Waals surface area contributed by atoms with Gasteiger partial charge in [0.05, 0.1) is 15.9 Å². The third kappa shape index (κ3) is 2.85. The van der Waals surface area contributed by atoms with Crippen LogP contribution >= 0.6 is 0 Å². The average Bonchev–Trinajstić information content (AvgIpc) is 3.17. The van der Waals surface area contributed by atoms with Crippen LogP contribution in [0.4, 0.5) is 5.69 Å². The fourth-order valence-electron chi connectivity index (χ4n) is 2.08. The Morgan fingerprint density at radius 3 is 2.55 bits per heavy atom. The molecule has 2 rings (SSSR count). The SMILES string of the molecule is C=CCOC(=O)[C@H]1[C@@H](C)N1S(=O)(=O)c1ccc([N+](=O)[O-])cc1. The Labute approximate surface area is 127 Å². The molecule has 0 bridgehead atoms. The van der Waals surface area contributed by atoms with E-state index in [9.17, 15) is 23.3 Å². The fourth-order valence-corrected chi connectivity index (χ4v) is 3.86. The van der Waals surface area contributed by atoms with Crippen LogP contribution < -0.4 is 0 Å². The number of non-ortho nitro benzene ring substituents is 1. The third-order valence-electron chi connectivity index (χ3n) is 3.25. The predicted octanol–water partition coefficient (Wildman–Crippen LogP) is 1.09. The molecule has 1 unspecified atom stereocenters. The van der Waals surface area contributed by atoms with E-state index in [-0.39, 0.29) is 17.2 Å². The number of hydrogen-bond donors (Lipinski definition) is 0. The Hall–Kier alpha value is -2.26. The first-order valence-corrected chi connectivity index (χ1v) is 7.80. The van der Waals surface area contributed by atoms with Gasteiger partial charge in [0, 0.05) is 12.1 Å². The van der Waals surface area contributed by atoms with Gasteiger partial charge in [-0.1, -0.05) is 12.7 Å². The molecule has 8 nitrogen and oxygen atoms in total. The van der Waals surface area contributed by atoms with E-state index in [0.29, 0.717) is 0 Å². The minimum Gasteiger partial charge on any atom is -0.460 e. The number of nitrogens with zero attached hydrogens (tertiary/aromatic N) is 2. The molecule has 0 amide bonds. The number of benzene rings is 1. The summed E-state index contributed by atoms with van der Waals surface area (Å²) in [7, 11) is -3.89. The van der Waals surface area contributed by atoms with Gasteiger partial charge in [-0.05, 0) is 19.1 Å². The smallest absolute Gasteiger partial charge is 0.326 e. The molecule has 1 aliphatic heterocycles. The van der Waals surface area contributed by atoms with E-state index in [1.165, 1.54) is 6.08 Å². The van der Waals surface area contributed by atoms with Gasteiger partial charge in [-0.25, -0.2) is 8.42 Å². The zero-order chi connectivity index (χ0) is 16.5. The summed E-state index contributed by atoms with van der Waals surface area (Å²) in [6, 6.07) is 3.10. The number of nitro benzene ring substituents is 1. The Balaban J connectivity index is 2.19. The number of rotatable bonds is 6. The molecule has 0 radical (unpaired) electrons. The lowest BCUT2D eigenvalue weighted by molar-refractivity contribution is -0.384. The maximum atomic E-state index is 12.4. The van der Waals surface area contributed by atoms with Gasteiger partial charge in [-0.2, -0.15) is 4.31 Å². The zero-order valence-corrected chi connectivity index (χ0v) is 12.5. The molecule has 1 aromatic rings. The molecule has 118 valence electrons. The van der Waals surface area contributed by atoms with Gasteiger partial charge in [0.25, 0.3) is 5.69 Å². The van der Waals surface area contributed by atoms with Gasteiger partial charge in [-0.15, -0.1) is 0 Å². The average molecular weight is 326 g/mol. The van der Waals surface area contributed by atoms with Crippen LogP contribution in [0.1, 0.15) is 6.92 Å². The summed E-state index contributed by atoms with van der Waals surface area (Å²) in [4.78, 5) is 21.6. The van der Waals surface area contributed by atoms with E-state index in [2.05, 4.69) is 6.58 Å². The number of nitro groups is 1. The summed E-state index contributed by atoms with van der Waals surface area (Å²) in [5.74, 6) is -0.641. The van der Waals surface area contributed by atoms with Gasteiger partial charge in [0.15, 0.2) is 0 Å². The van der Waals surface area contributed by atoms with E-state index >= 15 is 0 Å². The van der Waals surface area contributed by atoms with Crippen molar-refractivity contribution in [3.63, 3.8) is 0 Å². The maximum Gasteiger partial charge on any atom is 0.326 e. The molecule has 0 spiro atoms. The third-order valence-corrected chi connectivity index (χ3v) is 5.23. The second-order valence-corrected chi connectivity index (χ2v) is 6.53. The second-order valence-electron chi connectivity index (χ2n) is 4.69. The molecular formula is C13H14N2O6S. The number of ether oxygens (including phenoxy) is 1. The Morgan fingerprint density at radius 1 is 1.45 bits per heavy atom. The van der Waals surface area contributed by atoms with Crippen molar-refractivity contribution in [2.24, 2.45) is 0 Å². The van der Waals surface area contributed by atoms with Crippen LogP contribution in [0.25, 0.3) is 0 Å². The molecular weight excluding hydrogens is 312 g/mol. The minimum absolute atomic E-state index is 0.00741. The van der Waals surface area contributed by atoms with Gasteiger partial charge >= 0.3 is 5.97 Å². The molecule has 1 saturated heterocycles. The standard InChI is InChI=1S/C13H14N2O6S/c1-3-8-21-13(16)12-9(2)14(12)22(19,20)11-6-4-10(5-7-11)15(17)18/h3-7,9,12H,1,8H2,2H3/t9-,12-,14?/m1/s1. The van der Waals surface area contributed by atoms with Crippen LogP contribution in [0.2, 0.25) is 0 Å². The van der Waals surface area contributed by atoms with Gasteiger partial charge in [0.2, 0.25) is 10.0 Å². The van der Waals surface area contributed by atoms with Crippen molar-refractivity contribution in [2.75, 3.05) is 6.61 Å². The van der Waals surface area contributed by atoms with E-state index in [1.807, 2.05) is 0 Å². The molecule has 1 fully saturated rings. The summed E-state index contributed by atoms with van der Waals surface area (Å²) >= 11 is 0. The molecule has 22 heavy (non-hydrogen) atoms. The molecule has 1 heterocycles. The lowest BCUT2D eigenvalue weighted by atomic mass is 10.3. The van der Waals surface area contributed by atoms with Crippen LogP contribution in [0.15, 0.2) is 41.8 Å². The summed E-state index contributed by atoms with van der Waals surface area (Å²) in [6.07, 6.45) is 1.39. The molecule has 3 atom stereocenters. The van der Waals surface area contributed by atoms with Crippen molar-refractivity contribution in [1.82, 2.24) is 4.31 Å². The number of carbonyl (C=O) groups excluding carboxylic acids is 1. The van der Waals surface area contributed by atoms with Crippen molar-refractivity contribution >= 4 is 21.7 Å². The Morgan fingerprint density at radius 2 is 2.05 bits per heavy atom. The zero-order valence-electron chi connectivity index (χ0n) is 11.7. The number of hydrogen-bond acceptors (Lipinski definition) is 6. The predicted molar refractivity (Wildman–Crippen MR) is 76.5 cm³/mol. The number of esters is 1. The van der Waals surface area contributed by atoms with Crippen LogP contribution in [-0.4, -0.2) is 42.3 Å². The van der Waals surface area contributed by atoms with Crippen molar-refractivity contribution in [3.05, 3.63) is 47.0 Å². The largest absolute Gasteiger partial charge is 0.460 e. The Kier molecular flexibility index (Phi) is 4.29. The lowest BCUT2D eigenvalue weighted by Gasteiger charge is -2.06. The highest BCUT2D eigenvalue weighted by atomic mass is 32.2. The highest BCUT2D eigenvalue weighted by Crippen LogP contribution is 2.36. The van der Waals surface area contributed by atoms with Crippen molar-refractivity contribution in [3.8, 4) is 0 Å². The Bertz CT molecular complexity index is 713. The number of carbonyl (C=O) groups is 1. The molecule has 0 aliphatic carbocycles. The van der Waals surface area contributed by atoms with Gasteiger partial charge < -0.3 is 4.74 Å². The highest BCUT2D eigenvalue weighted by Gasteiger charge is 2.58. The van der Waals surface area contributed by atoms with E-state index in [4.69, 9.17) is 4.74 Å². The summed E-state index contributed by atoms with van der Waals surface area (Å²) in [6.45, 7) is 5.00. The topological polar surface area (TPSA) is 107 Å². The lowest BCUT2D eigenvalue weighted by Crippen LogP contribution is -2.21.